The Hall–Kier alpha value is -0.0900. The van der Waals surface area contributed by atoms with Crippen LogP contribution in [0.5, 0.6) is 0 Å². The summed E-state index contributed by atoms with van der Waals surface area (Å²) < 4.78 is 22.4. The van der Waals surface area contributed by atoms with Crippen LogP contribution in [0.3, 0.4) is 0 Å². The van der Waals surface area contributed by atoms with Gasteiger partial charge in [0.2, 0.25) is 5.24 Å². The van der Waals surface area contributed by atoms with E-state index in [-0.39, 0.29) is 5.75 Å². The predicted molar refractivity (Wildman–Crippen MR) is 62.9 cm³/mol. The van der Waals surface area contributed by atoms with E-state index in [0.29, 0.717) is 6.42 Å². The highest BCUT2D eigenvalue weighted by atomic mass is 35.5. The van der Waals surface area contributed by atoms with Gasteiger partial charge >= 0.3 is 0 Å². The van der Waals surface area contributed by atoms with Crippen molar-refractivity contribution < 1.29 is 13.2 Å². The average molecular weight is 255 g/mol. The third kappa shape index (κ3) is 10.2. The summed E-state index contributed by atoms with van der Waals surface area (Å²) in [5.41, 5.74) is 0. The molecule has 0 heterocycles. The van der Waals surface area contributed by atoms with Gasteiger partial charge in [-0.1, -0.05) is 39.0 Å². The Morgan fingerprint density at radius 1 is 1.07 bits per heavy atom. The summed E-state index contributed by atoms with van der Waals surface area (Å²) >= 11 is 5.03. The fourth-order valence-electron chi connectivity index (χ4n) is 1.35. The lowest BCUT2D eigenvalue weighted by molar-refractivity contribution is -0.109. The molecule has 0 saturated carbocycles. The van der Waals surface area contributed by atoms with E-state index in [1.54, 1.807) is 0 Å². The molecule has 0 amide bonds. The standard InChI is InChI=1S/C10H19ClO3S/c1-2-3-4-5-6-7-8-15(13,14)9-10(11)12/h2-9H2,1H3. The molecule has 0 fully saturated rings. The molecule has 5 heteroatoms. The summed E-state index contributed by atoms with van der Waals surface area (Å²) in [5, 5.41) is -0.791. The smallest absolute Gasteiger partial charge is 0.236 e. The molecule has 0 saturated heterocycles. The largest absolute Gasteiger partial charge is 0.280 e. The number of unbranched alkanes of at least 4 members (excludes halogenated alkanes) is 5. The lowest BCUT2D eigenvalue weighted by Gasteiger charge is -2.01. The van der Waals surface area contributed by atoms with Crippen molar-refractivity contribution in [3.63, 3.8) is 0 Å². The second-order valence-electron chi connectivity index (χ2n) is 3.71. The van der Waals surface area contributed by atoms with E-state index in [9.17, 15) is 13.2 Å². The maximum Gasteiger partial charge on any atom is 0.236 e. The third-order valence-corrected chi connectivity index (χ3v) is 4.05. The Morgan fingerprint density at radius 3 is 2.13 bits per heavy atom. The zero-order valence-electron chi connectivity index (χ0n) is 9.17. The molecule has 0 aromatic rings. The minimum Gasteiger partial charge on any atom is -0.280 e. The van der Waals surface area contributed by atoms with Gasteiger partial charge < -0.3 is 0 Å². The molecule has 15 heavy (non-hydrogen) atoms. The minimum absolute atomic E-state index is 0.0809. The zero-order valence-corrected chi connectivity index (χ0v) is 10.7. The van der Waals surface area contributed by atoms with Gasteiger partial charge in [0.1, 0.15) is 5.75 Å². The first kappa shape index (κ1) is 14.9. The number of rotatable bonds is 9. The van der Waals surface area contributed by atoms with Gasteiger partial charge in [0, 0.05) is 0 Å². The molecule has 0 aromatic heterocycles. The first-order valence-corrected chi connectivity index (χ1v) is 7.56. The van der Waals surface area contributed by atoms with Crippen LogP contribution in [-0.4, -0.2) is 25.2 Å². The normalized spacial score (nSPS) is 11.6. The topological polar surface area (TPSA) is 51.2 Å². The van der Waals surface area contributed by atoms with Crippen LogP contribution < -0.4 is 0 Å². The maximum absolute atomic E-state index is 11.2. The molecular formula is C10H19ClO3S. The second kappa shape index (κ2) is 8.11. The van der Waals surface area contributed by atoms with E-state index in [1.165, 1.54) is 12.8 Å². The zero-order chi connectivity index (χ0) is 11.7. The van der Waals surface area contributed by atoms with Crippen molar-refractivity contribution in [2.24, 2.45) is 0 Å². The number of sulfone groups is 1. The van der Waals surface area contributed by atoms with Crippen molar-refractivity contribution in [3.8, 4) is 0 Å². The Bertz CT molecular complexity index is 272. The Labute approximate surface area is 97.1 Å². The molecule has 90 valence electrons. The predicted octanol–water partition coefficient (Wildman–Crippen LogP) is 2.53. The number of hydrogen-bond acceptors (Lipinski definition) is 3. The van der Waals surface area contributed by atoms with Crippen molar-refractivity contribution in [2.45, 2.75) is 45.4 Å². The molecule has 3 nitrogen and oxygen atoms in total. The molecule has 0 radical (unpaired) electrons. The van der Waals surface area contributed by atoms with Crippen molar-refractivity contribution in [3.05, 3.63) is 0 Å². The van der Waals surface area contributed by atoms with Gasteiger partial charge in [-0.15, -0.1) is 0 Å². The van der Waals surface area contributed by atoms with Gasteiger partial charge in [0.05, 0.1) is 5.75 Å². The summed E-state index contributed by atoms with van der Waals surface area (Å²) in [7, 11) is -3.26. The molecule has 0 aliphatic heterocycles. The lowest BCUT2D eigenvalue weighted by atomic mass is 10.1. The lowest BCUT2D eigenvalue weighted by Crippen LogP contribution is -2.15. The third-order valence-electron chi connectivity index (χ3n) is 2.14. The molecule has 0 aliphatic rings. The molecular weight excluding hydrogens is 236 g/mol. The molecule has 0 unspecified atom stereocenters. The average Bonchev–Trinajstić information content (AvgIpc) is 2.08. The summed E-state index contributed by atoms with van der Waals surface area (Å²) in [6, 6.07) is 0. The van der Waals surface area contributed by atoms with Crippen LogP contribution in [0, 0.1) is 0 Å². The van der Waals surface area contributed by atoms with E-state index in [2.05, 4.69) is 6.92 Å². The van der Waals surface area contributed by atoms with Crippen LogP contribution in [0.2, 0.25) is 0 Å². The van der Waals surface area contributed by atoms with Gasteiger partial charge in [-0.25, -0.2) is 8.42 Å². The first-order chi connectivity index (χ1) is 6.98. The summed E-state index contributed by atoms with van der Waals surface area (Å²) in [6.07, 6.45) is 6.15. The monoisotopic (exact) mass is 254 g/mol. The van der Waals surface area contributed by atoms with Gasteiger partial charge in [-0.05, 0) is 18.0 Å². The number of halogens is 1. The van der Waals surface area contributed by atoms with Crippen LogP contribution in [0.1, 0.15) is 45.4 Å². The highest BCUT2D eigenvalue weighted by molar-refractivity contribution is 7.92. The van der Waals surface area contributed by atoms with Crippen molar-refractivity contribution in [1.29, 1.82) is 0 Å². The highest BCUT2D eigenvalue weighted by Gasteiger charge is 2.14. The van der Waals surface area contributed by atoms with Crippen LogP contribution in [0.25, 0.3) is 0 Å². The summed E-state index contributed by atoms with van der Waals surface area (Å²) in [6.45, 7) is 2.14. The second-order valence-corrected chi connectivity index (χ2v) is 6.32. The molecule has 0 rings (SSSR count). The molecule has 0 aliphatic carbocycles. The van der Waals surface area contributed by atoms with Crippen molar-refractivity contribution >= 4 is 26.7 Å². The van der Waals surface area contributed by atoms with E-state index < -0.39 is 20.8 Å². The molecule has 0 bridgehead atoms. The SMILES string of the molecule is CCCCCCCCS(=O)(=O)CC(=O)Cl. The van der Waals surface area contributed by atoms with Crippen molar-refractivity contribution in [1.82, 2.24) is 0 Å². The Balaban J connectivity index is 3.54. The quantitative estimate of drug-likeness (QED) is 0.469. The number of carbonyl (C=O) groups is 1. The summed E-state index contributed by atoms with van der Waals surface area (Å²) in [5.74, 6) is -0.443. The molecule has 0 aromatic carbocycles. The van der Waals surface area contributed by atoms with Gasteiger partial charge in [-0.2, -0.15) is 0 Å². The van der Waals surface area contributed by atoms with E-state index >= 15 is 0 Å². The van der Waals surface area contributed by atoms with E-state index in [1.807, 2.05) is 0 Å². The molecule has 0 atom stereocenters. The van der Waals surface area contributed by atoms with E-state index in [0.717, 1.165) is 19.3 Å². The van der Waals surface area contributed by atoms with Crippen LogP contribution in [0.15, 0.2) is 0 Å². The Kier molecular flexibility index (Phi) is 8.06. The van der Waals surface area contributed by atoms with Crippen LogP contribution in [-0.2, 0) is 14.6 Å². The number of hydrogen-bond donors (Lipinski definition) is 0. The fourth-order valence-corrected chi connectivity index (χ4v) is 2.98. The fraction of sp³-hybridized carbons (Fsp3) is 0.900. The molecule has 0 spiro atoms. The van der Waals surface area contributed by atoms with Crippen LogP contribution >= 0.6 is 11.6 Å². The maximum atomic E-state index is 11.2. The highest BCUT2D eigenvalue weighted by Crippen LogP contribution is 2.07. The summed E-state index contributed by atoms with van der Waals surface area (Å²) in [4.78, 5) is 10.4. The first-order valence-electron chi connectivity index (χ1n) is 5.36. The minimum atomic E-state index is -3.26. The van der Waals surface area contributed by atoms with Crippen molar-refractivity contribution in [2.75, 3.05) is 11.5 Å². The molecule has 0 N–H and O–H groups in total. The van der Waals surface area contributed by atoms with Gasteiger partial charge in [0.25, 0.3) is 0 Å². The van der Waals surface area contributed by atoms with Gasteiger partial charge in [-0.3, -0.25) is 4.79 Å². The number of carbonyl (C=O) groups excluding carboxylic acids is 1. The van der Waals surface area contributed by atoms with E-state index in [4.69, 9.17) is 11.6 Å². The Morgan fingerprint density at radius 2 is 1.60 bits per heavy atom. The van der Waals surface area contributed by atoms with Crippen LogP contribution in [0.4, 0.5) is 0 Å². The van der Waals surface area contributed by atoms with Gasteiger partial charge in [0.15, 0.2) is 9.84 Å².